The van der Waals surface area contributed by atoms with Gasteiger partial charge in [-0.2, -0.15) is 19.7 Å². The summed E-state index contributed by atoms with van der Waals surface area (Å²) in [6.07, 6.45) is 5.00. The van der Waals surface area contributed by atoms with Crippen molar-refractivity contribution < 1.29 is 13.2 Å². The average molecular weight is 475 g/mol. The number of sulfonamides is 1. The monoisotopic (exact) mass is 474 g/mol. The molecule has 3 N–H and O–H groups in total. The summed E-state index contributed by atoms with van der Waals surface area (Å²) in [6, 6.07) is 1.44. The van der Waals surface area contributed by atoms with Crippen LogP contribution >= 0.6 is 23.2 Å². The highest BCUT2D eigenvalue weighted by Crippen LogP contribution is 2.31. The first-order chi connectivity index (χ1) is 14.2. The number of aromatic nitrogens is 3. The van der Waals surface area contributed by atoms with Crippen LogP contribution < -0.4 is 10.5 Å². The van der Waals surface area contributed by atoms with Crippen LogP contribution in [-0.2, 0) is 21.4 Å². The molecule has 1 unspecified atom stereocenters. The molecule has 2 heterocycles. The summed E-state index contributed by atoms with van der Waals surface area (Å²) in [7, 11) is -4.08. The zero-order valence-electron chi connectivity index (χ0n) is 16.5. The molecule has 30 heavy (non-hydrogen) atoms. The molecule has 1 saturated heterocycles. The molecule has 1 amide bonds. The largest absolute Gasteiger partial charge is 0.396 e. The van der Waals surface area contributed by atoms with Gasteiger partial charge in [-0.15, -0.1) is 0 Å². The lowest BCUT2D eigenvalue weighted by Crippen LogP contribution is -2.51. The SMILES string of the molecule is CC1CCN(C(=O)C(CCn2nccn2)NS(=O)(=O)c2cc(Cl)c(N)c(Cl)c2)CC1. The summed E-state index contributed by atoms with van der Waals surface area (Å²) in [5.41, 5.74) is 5.79. The average Bonchev–Trinajstić information content (AvgIpc) is 3.22. The second kappa shape index (κ2) is 9.51. The molecule has 0 aliphatic carbocycles. The molecule has 1 aliphatic rings. The number of aryl methyl sites for hydroxylation is 1. The van der Waals surface area contributed by atoms with E-state index in [2.05, 4.69) is 21.8 Å². The van der Waals surface area contributed by atoms with Gasteiger partial charge in [-0.1, -0.05) is 30.1 Å². The number of hydrogen-bond donors (Lipinski definition) is 2. The number of piperidine rings is 1. The van der Waals surface area contributed by atoms with Crippen molar-refractivity contribution in [1.29, 1.82) is 0 Å². The van der Waals surface area contributed by atoms with E-state index in [0.29, 0.717) is 19.0 Å². The Balaban J connectivity index is 1.82. The van der Waals surface area contributed by atoms with Crippen molar-refractivity contribution in [3.63, 3.8) is 0 Å². The number of rotatable bonds is 7. The van der Waals surface area contributed by atoms with Crippen LogP contribution in [0.4, 0.5) is 5.69 Å². The molecule has 3 rings (SSSR count). The summed E-state index contributed by atoms with van der Waals surface area (Å²) >= 11 is 12.0. The van der Waals surface area contributed by atoms with Gasteiger partial charge in [-0.25, -0.2) is 8.42 Å². The molecule has 1 atom stereocenters. The molecule has 0 radical (unpaired) electrons. The Morgan fingerprint density at radius 2 is 1.80 bits per heavy atom. The van der Waals surface area contributed by atoms with E-state index in [9.17, 15) is 13.2 Å². The minimum Gasteiger partial charge on any atom is -0.396 e. The Labute approximate surface area is 185 Å². The summed E-state index contributed by atoms with van der Waals surface area (Å²) in [5, 5.41) is 8.07. The predicted octanol–water partition coefficient (Wildman–Crippen LogP) is 2.16. The van der Waals surface area contributed by atoms with E-state index in [-0.39, 0.29) is 39.5 Å². The quantitative estimate of drug-likeness (QED) is 0.592. The molecule has 1 aromatic heterocycles. The Hall–Kier alpha value is -1.88. The van der Waals surface area contributed by atoms with Gasteiger partial charge in [0.2, 0.25) is 15.9 Å². The van der Waals surface area contributed by atoms with Crippen LogP contribution in [0.3, 0.4) is 0 Å². The van der Waals surface area contributed by atoms with Gasteiger partial charge in [0.15, 0.2) is 0 Å². The van der Waals surface area contributed by atoms with Gasteiger partial charge < -0.3 is 10.6 Å². The van der Waals surface area contributed by atoms with E-state index in [1.54, 1.807) is 4.90 Å². The molecule has 1 aromatic carbocycles. The van der Waals surface area contributed by atoms with Gasteiger partial charge in [0, 0.05) is 13.1 Å². The number of carbonyl (C=O) groups excluding carboxylic acids is 1. The van der Waals surface area contributed by atoms with Crippen molar-refractivity contribution in [1.82, 2.24) is 24.6 Å². The Morgan fingerprint density at radius 1 is 1.23 bits per heavy atom. The van der Waals surface area contributed by atoms with Crippen LogP contribution in [0.1, 0.15) is 26.2 Å². The van der Waals surface area contributed by atoms with Crippen LogP contribution in [0.5, 0.6) is 0 Å². The first kappa shape index (κ1) is 22.8. The third-order valence-corrected chi connectivity index (χ3v) is 7.21. The number of likely N-dealkylation sites (tertiary alicyclic amines) is 1. The zero-order chi connectivity index (χ0) is 21.9. The van der Waals surface area contributed by atoms with Crippen LogP contribution in [0, 0.1) is 5.92 Å². The lowest BCUT2D eigenvalue weighted by Gasteiger charge is -2.33. The van der Waals surface area contributed by atoms with E-state index in [4.69, 9.17) is 28.9 Å². The smallest absolute Gasteiger partial charge is 0.241 e. The highest BCUT2D eigenvalue weighted by molar-refractivity contribution is 7.89. The number of carbonyl (C=O) groups is 1. The zero-order valence-corrected chi connectivity index (χ0v) is 18.8. The summed E-state index contributed by atoms with van der Waals surface area (Å²) in [5.74, 6) is 0.266. The normalized spacial score (nSPS) is 16.6. The lowest BCUT2D eigenvalue weighted by molar-refractivity contribution is -0.134. The molecular weight excluding hydrogens is 451 g/mol. The minimum atomic E-state index is -4.08. The van der Waals surface area contributed by atoms with E-state index in [0.717, 1.165) is 12.8 Å². The van der Waals surface area contributed by atoms with Gasteiger partial charge in [0.05, 0.1) is 39.6 Å². The summed E-state index contributed by atoms with van der Waals surface area (Å²) in [4.78, 5) is 16.1. The summed E-state index contributed by atoms with van der Waals surface area (Å²) < 4.78 is 28.5. The van der Waals surface area contributed by atoms with E-state index in [1.165, 1.54) is 29.3 Å². The van der Waals surface area contributed by atoms with Gasteiger partial charge in [-0.05, 0) is 37.3 Å². The molecule has 0 bridgehead atoms. The first-order valence-electron chi connectivity index (χ1n) is 9.57. The summed E-state index contributed by atoms with van der Waals surface area (Å²) in [6.45, 7) is 3.61. The van der Waals surface area contributed by atoms with E-state index in [1.807, 2.05) is 0 Å². The molecule has 1 aliphatic heterocycles. The standard InChI is InChI=1S/C18H24Cl2N6O3S/c1-12-2-7-25(8-3-12)18(27)16(4-9-26-22-5-6-23-26)24-30(28,29)13-10-14(19)17(21)15(20)11-13/h5-6,10-12,16,24H,2-4,7-9,21H2,1H3. The van der Waals surface area contributed by atoms with E-state index >= 15 is 0 Å². The number of halogens is 2. The number of nitrogens with one attached hydrogen (secondary N) is 1. The number of hydrogen-bond acceptors (Lipinski definition) is 6. The van der Waals surface area contributed by atoms with Crippen molar-refractivity contribution in [3.8, 4) is 0 Å². The van der Waals surface area contributed by atoms with Crippen LogP contribution in [0.25, 0.3) is 0 Å². The van der Waals surface area contributed by atoms with Crippen molar-refractivity contribution in [2.45, 2.75) is 43.7 Å². The van der Waals surface area contributed by atoms with Gasteiger partial charge in [0.1, 0.15) is 6.04 Å². The third kappa shape index (κ3) is 5.42. The molecule has 0 saturated carbocycles. The molecule has 164 valence electrons. The fraction of sp³-hybridized carbons (Fsp3) is 0.500. The highest BCUT2D eigenvalue weighted by atomic mass is 35.5. The number of nitrogens with zero attached hydrogens (tertiary/aromatic N) is 4. The number of benzene rings is 1. The maximum Gasteiger partial charge on any atom is 0.241 e. The number of amides is 1. The van der Waals surface area contributed by atoms with Gasteiger partial charge in [0.25, 0.3) is 0 Å². The van der Waals surface area contributed by atoms with Crippen molar-refractivity contribution in [2.75, 3.05) is 18.8 Å². The van der Waals surface area contributed by atoms with Crippen LogP contribution in [-0.4, -0.2) is 53.4 Å². The second-order valence-corrected chi connectivity index (χ2v) is 9.92. The molecule has 1 fully saturated rings. The fourth-order valence-electron chi connectivity index (χ4n) is 3.26. The van der Waals surface area contributed by atoms with Crippen LogP contribution in [0.2, 0.25) is 10.0 Å². The predicted molar refractivity (Wildman–Crippen MR) is 115 cm³/mol. The van der Waals surface area contributed by atoms with Gasteiger partial charge in [-0.3, -0.25) is 4.79 Å². The Kier molecular flexibility index (Phi) is 7.22. The van der Waals surface area contributed by atoms with Crippen molar-refractivity contribution in [2.24, 2.45) is 5.92 Å². The van der Waals surface area contributed by atoms with Crippen molar-refractivity contribution in [3.05, 3.63) is 34.6 Å². The Morgan fingerprint density at radius 3 is 2.37 bits per heavy atom. The Bertz CT molecular complexity index is 968. The molecule has 9 nitrogen and oxygen atoms in total. The highest BCUT2D eigenvalue weighted by Gasteiger charge is 2.31. The number of nitrogen functional groups attached to an aromatic ring is 1. The third-order valence-electron chi connectivity index (χ3n) is 5.14. The molecule has 0 spiro atoms. The number of nitrogens with two attached hydrogens (primary N) is 1. The topological polar surface area (TPSA) is 123 Å². The molecule has 12 heteroatoms. The first-order valence-corrected chi connectivity index (χ1v) is 11.8. The fourth-order valence-corrected chi connectivity index (χ4v) is 5.15. The maximum atomic E-state index is 13.1. The maximum absolute atomic E-state index is 13.1. The van der Waals surface area contributed by atoms with E-state index < -0.39 is 16.1 Å². The molecule has 2 aromatic rings. The van der Waals surface area contributed by atoms with Gasteiger partial charge >= 0.3 is 0 Å². The van der Waals surface area contributed by atoms with Crippen LogP contribution in [0.15, 0.2) is 29.4 Å². The molecular formula is C18H24Cl2N6O3S. The minimum absolute atomic E-state index is 0.0245. The second-order valence-electron chi connectivity index (χ2n) is 7.40. The van der Waals surface area contributed by atoms with Crippen molar-refractivity contribution >= 4 is 44.8 Å². The number of anilines is 1. The lowest BCUT2D eigenvalue weighted by atomic mass is 9.98.